The second-order valence-corrected chi connectivity index (χ2v) is 7.40. The zero-order chi connectivity index (χ0) is 14.9. The van der Waals surface area contributed by atoms with Gasteiger partial charge in [0.15, 0.2) is 0 Å². The average Bonchev–Trinajstić information content (AvgIpc) is 2.31. The first-order chi connectivity index (χ1) is 9.28. The van der Waals surface area contributed by atoms with E-state index >= 15 is 0 Å². The summed E-state index contributed by atoms with van der Waals surface area (Å²) in [6.07, 6.45) is 0. The molecule has 0 heterocycles. The van der Waals surface area contributed by atoms with Gasteiger partial charge >= 0.3 is 0 Å². The van der Waals surface area contributed by atoms with Crippen molar-refractivity contribution in [2.24, 2.45) is 0 Å². The molecule has 0 radical (unpaired) electrons. The third-order valence-corrected chi connectivity index (χ3v) is 4.87. The zero-order valence-corrected chi connectivity index (χ0v) is 13.9. The topological polar surface area (TPSA) is 72.2 Å². The Kier molecular flexibility index (Phi) is 4.36. The van der Waals surface area contributed by atoms with Crippen LogP contribution in [0.5, 0.6) is 0 Å². The lowest BCUT2D eigenvalue weighted by Gasteiger charge is -2.10. The molecule has 0 amide bonds. The standard InChI is InChI=1S/C12H9Br2FN2O2S/c13-7-1-2-12(11(14)3-7)17-20(18,19)10-5-8(15)4-9(16)6-10/h1-6,17H,16H2. The first-order valence-corrected chi connectivity index (χ1v) is 8.39. The van der Waals surface area contributed by atoms with E-state index in [4.69, 9.17) is 5.73 Å². The molecule has 0 fully saturated rings. The van der Waals surface area contributed by atoms with Gasteiger partial charge in [0.05, 0.1) is 10.6 Å². The Morgan fingerprint density at radius 3 is 2.40 bits per heavy atom. The maximum Gasteiger partial charge on any atom is 0.262 e. The smallest absolute Gasteiger partial charge is 0.262 e. The third-order valence-electron chi connectivity index (χ3n) is 2.38. The lowest BCUT2D eigenvalue weighted by Crippen LogP contribution is -2.14. The minimum Gasteiger partial charge on any atom is -0.399 e. The van der Waals surface area contributed by atoms with Crippen LogP contribution < -0.4 is 10.5 Å². The molecule has 20 heavy (non-hydrogen) atoms. The van der Waals surface area contributed by atoms with Crippen molar-refractivity contribution in [2.75, 3.05) is 10.5 Å². The van der Waals surface area contributed by atoms with Gasteiger partial charge in [0.1, 0.15) is 5.82 Å². The molecule has 2 aromatic rings. The van der Waals surface area contributed by atoms with E-state index in [9.17, 15) is 12.8 Å². The molecule has 0 saturated heterocycles. The summed E-state index contributed by atoms with van der Waals surface area (Å²) in [4.78, 5) is -0.232. The first kappa shape index (κ1) is 15.3. The van der Waals surface area contributed by atoms with E-state index in [1.807, 2.05) is 0 Å². The Labute approximate surface area is 132 Å². The van der Waals surface area contributed by atoms with Crippen LogP contribution in [0.4, 0.5) is 15.8 Å². The van der Waals surface area contributed by atoms with Crippen molar-refractivity contribution in [3.05, 3.63) is 51.2 Å². The van der Waals surface area contributed by atoms with Crippen LogP contribution in [0.2, 0.25) is 0 Å². The minimum atomic E-state index is -3.91. The number of halogens is 3. The van der Waals surface area contributed by atoms with Gasteiger partial charge in [-0.3, -0.25) is 4.72 Å². The first-order valence-electron chi connectivity index (χ1n) is 5.32. The number of anilines is 2. The van der Waals surface area contributed by atoms with Crippen LogP contribution in [0, 0.1) is 5.82 Å². The van der Waals surface area contributed by atoms with Gasteiger partial charge in [-0.15, -0.1) is 0 Å². The number of benzene rings is 2. The van der Waals surface area contributed by atoms with E-state index < -0.39 is 15.8 Å². The fourth-order valence-electron chi connectivity index (χ4n) is 1.52. The summed E-state index contributed by atoms with van der Waals surface area (Å²) in [7, 11) is -3.91. The number of nitrogens with one attached hydrogen (secondary N) is 1. The highest BCUT2D eigenvalue weighted by Gasteiger charge is 2.17. The quantitative estimate of drug-likeness (QED) is 0.738. The third kappa shape index (κ3) is 3.50. The molecule has 0 aliphatic rings. The van der Waals surface area contributed by atoms with Crippen LogP contribution in [-0.2, 0) is 10.0 Å². The van der Waals surface area contributed by atoms with Crippen molar-refractivity contribution in [1.82, 2.24) is 0 Å². The van der Waals surface area contributed by atoms with E-state index in [1.165, 1.54) is 6.07 Å². The molecule has 2 rings (SSSR count). The fraction of sp³-hybridized carbons (Fsp3) is 0. The number of nitrogens with two attached hydrogens (primary N) is 1. The predicted octanol–water partition coefficient (Wildman–Crippen LogP) is 3.73. The molecule has 0 saturated carbocycles. The molecular formula is C12H9Br2FN2O2S. The van der Waals surface area contributed by atoms with Crippen LogP contribution in [0.25, 0.3) is 0 Å². The van der Waals surface area contributed by atoms with E-state index in [2.05, 4.69) is 36.6 Å². The van der Waals surface area contributed by atoms with E-state index in [-0.39, 0.29) is 10.6 Å². The fourth-order valence-corrected chi connectivity index (χ4v) is 3.94. The molecule has 8 heteroatoms. The van der Waals surface area contributed by atoms with Crippen LogP contribution in [0.15, 0.2) is 50.2 Å². The summed E-state index contributed by atoms with van der Waals surface area (Å²) >= 11 is 6.51. The van der Waals surface area contributed by atoms with Crippen molar-refractivity contribution in [3.63, 3.8) is 0 Å². The second-order valence-electron chi connectivity index (χ2n) is 3.95. The van der Waals surface area contributed by atoms with Gasteiger partial charge in [0.2, 0.25) is 0 Å². The normalized spacial score (nSPS) is 11.3. The highest BCUT2D eigenvalue weighted by Crippen LogP contribution is 2.28. The molecular weight excluding hydrogens is 415 g/mol. The van der Waals surface area contributed by atoms with Crippen LogP contribution in [0.1, 0.15) is 0 Å². The largest absolute Gasteiger partial charge is 0.399 e. The van der Waals surface area contributed by atoms with Gasteiger partial charge < -0.3 is 5.73 Å². The van der Waals surface area contributed by atoms with Crippen LogP contribution in [0.3, 0.4) is 0 Å². The Morgan fingerprint density at radius 2 is 1.80 bits per heavy atom. The Hall–Kier alpha value is -1.12. The molecule has 0 aromatic heterocycles. The van der Waals surface area contributed by atoms with Crippen molar-refractivity contribution < 1.29 is 12.8 Å². The van der Waals surface area contributed by atoms with E-state index in [0.717, 1.165) is 16.6 Å². The van der Waals surface area contributed by atoms with Gasteiger partial charge in [0, 0.05) is 14.6 Å². The highest BCUT2D eigenvalue weighted by molar-refractivity contribution is 9.11. The monoisotopic (exact) mass is 422 g/mol. The SMILES string of the molecule is Nc1cc(F)cc(S(=O)(=O)Nc2ccc(Br)cc2Br)c1. The van der Waals surface area contributed by atoms with Crippen molar-refractivity contribution >= 4 is 53.3 Å². The number of nitrogen functional groups attached to an aromatic ring is 1. The van der Waals surface area contributed by atoms with E-state index in [1.54, 1.807) is 18.2 Å². The second kappa shape index (κ2) is 5.71. The van der Waals surface area contributed by atoms with Gasteiger partial charge in [0.25, 0.3) is 10.0 Å². The summed E-state index contributed by atoms with van der Waals surface area (Å²) in [5, 5.41) is 0. The number of rotatable bonds is 3. The summed E-state index contributed by atoms with van der Waals surface area (Å²) < 4.78 is 41.3. The summed E-state index contributed by atoms with van der Waals surface area (Å²) in [6.45, 7) is 0. The van der Waals surface area contributed by atoms with Gasteiger partial charge in [-0.1, -0.05) is 15.9 Å². The summed E-state index contributed by atoms with van der Waals surface area (Å²) in [5.74, 6) is -0.708. The number of sulfonamides is 1. The molecule has 0 spiro atoms. The average molecular weight is 424 g/mol. The van der Waals surface area contributed by atoms with Crippen LogP contribution in [-0.4, -0.2) is 8.42 Å². The zero-order valence-electron chi connectivity index (χ0n) is 9.90. The van der Waals surface area contributed by atoms with Gasteiger partial charge in [-0.05, 0) is 52.3 Å². The van der Waals surface area contributed by atoms with E-state index in [0.29, 0.717) is 10.2 Å². The maximum atomic E-state index is 13.2. The molecule has 106 valence electrons. The number of hydrogen-bond donors (Lipinski definition) is 2. The molecule has 3 N–H and O–H groups in total. The Bertz CT molecular complexity index is 746. The lowest BCUT2D eigenvalue weighted by molar-refractivity contribution is 0.595. The Morgan fingerprint density at radius 1 is 1.10 bits per heavy atom. The predicted molar refractivity (Wildman–Crippen MR) is 83.5 cm³/mol. The lowest BCUT2D eigenvalue weighted by atomic mass is 10.3. The molecule has 4 nitrogen and oxygen atoms in total. The maximum absolute atomic E-state index is 13.2. The van der Waals surface area contributed by atoms with Crippen molar-refractivity contribution in [3.8, 4) is 0 Å². The molecule has 0 unspecified atom stereocenters. The molecule has 0 bridgehead atoms. The van der Waals surface area contributed by atoms with Gasteiger partial charge in [-0.25, -0.2) is 12.8 Å². The van der Waals surface area contributed by atoms with Crippen molar-refractivity contribution in [2.45, 2.75) is 4.90 Å². The molecule has 0 atom stereocenters. The molecule has 0 aliphatic heterocycles. The molecule has 2 aromatic carbocycles. The summed E-state index contributed by atoms with van der Waals surface area (Å²) in [6, 6.07) is 8.10. The van der Waals surface area contributed by atoms with Gasteiger partial charge in [-0.2, -0.15) is 0 Å². The minimum absolute atomic E-state index is 0.0419. The highest BCUT2D eigenvalue weighted by atomic mass is 79.9. The molecule has 0 aliphatic carbocycles. The number of hydrogen-bond acceptors (Lipinski definition) is 3. The van der Waals surface area contributed by atoms with Crippen LogP contribution >= 0.6 is 31.9 Å². The Balaban J connectivity index is 2.40. The van der Waals surface area contributed by atoms with Crippen molar-refractivity contribution in [1.29, 1.82) is 0 Å². The summed E-state index contributed by atoms with van der Waals surface area (Å²) in [5.41, 5.74) is 5.84.